The van der Waals surface area contributed by atoms with Crippen molar-refractivity contribution >= 4 is 17.7 Å². The number of carbonyl (C=O) groups is 3. The summed E-state index contributed by atoms with van der Waals surface area (Å²) in [6.45, 7) is 10.2. The Morgan fingerprint density at radius 3 is 2.00 bits per heavy atom. The summed E-state index contributed by atoms with van der Waals surface area (Å²) in [7, 11) is 0. The van der Waals surface area contributed by atoms with Gasteiger partial charge in [0.05, 0.1) is 6.54 Å². The van der Waals surface area contributed by atoms with Gasteiger partial charge in [-0.3, -0.25) is 19.8 Å². The monoisotopic (exact) mass is 292 g/mol. The summed E-state index contributed by atoms with van der Waals surface area (Å²) in [4.78, 5) is 34.2. The first-order valence-corrected chi connectivity index (χ1v) is 5.84. The topological polar surface area (TPSA) is 97.0 Å². The predicted molar refractivity (Wildman–Crippen MR) is 74.5 cm³/mol. The summed E-state index contributed by atoms with van der Waals surface area (Å²) < 4.78 is 0. The van der Waals surface area contributed by atoms with Crippen LogP contribution in [0.25, 0.3) is 0 Å². The molecule has 0 unspecified atom stereocenters. The van der Waals surface area contributed by atoms with Crippen molar-refractivity contribution in [3.05, 3.63) is 50.2 Å². The van der Waals surface area contributed by atoms with Crippen LogP contribution < -0.4 is 16.3 Å². The standard InChI is InChI=1S/C12H16N6O3/c1-4-10(19)13-16-8-7-9-17(14-11(20)5-2)18(16)15-12(21)6-3/h4-8H,1-3,9H2,(H,13,19)(H,14,20)(H,15,21). The van der Waals surface area contributed by atoms with Crippen LogP contribution in [-0.4, -0.2) is 39.7 Å². The first-order valence-electron chi connectivity index (χ1n) is 5.84. The van der Waals surface area contributed by atoms with Gasteiger partial charge in [0.15, 0.2) is 0 Å². The summed E-state index contributed by atoms with van der Waals surface area (Å²) in [5.74, 6) is -1.53. The van der Waals surface area contributed by atoms with Gasteiger partial charge in [0.25, 0.3) is 17.7 Å². The summed E-state index contributed by atoms with van der Waals surface area (Å²) in [6.07, 6.45) is 6.30. The molecular weight excluding hydrogens is 276 g/mol. The second-order valence-corrected chi connectivity index (χ2v) is 3.64. The highest BCUT2D eigenvalue weighted by atomic mass is 16.2. The van der Waals surface area contributed by atoms with Gasteiger partial charge in [-0.2, -0.15) is 5.12 Å². The van der Waals surface area contributed by atoms with Crippen molar-refractivity contribution < 1.29 is 14.4 Å². The average molecular weight is 292 g/mol. The second kappa shape index (κ2) is 7.62. The lowest BCUT2D eigenvalue weighted by molar-refractivity contribution is -0.240. The lowest BCUT2D eigenvalue weighted by atomic mass is 10.5. The molecule has 1 heterocycles. The fraction of sp³-hybridized carbons (Fsp3) is 0.0833. The van der Waals surface area contributed by atoms with Crippen LogP contribution in [0.3, 0.4) is 0 Å². The number of hydrazine groups is 5. The predicted octanol–water partition coefficient (Wildman–Crippen LogP) is -1.10. The fourth-order valence-corrected chi connectivity index (χ4v) is 1.27. The minimum Gasteiger partial charge on any atom is -0.269 e. The molecule has 0 fully saturated rings. The average Bonchev–Trinajstić information content (AvgIpc) is 2.49. The van der Waals surface area contributed by atoms with E-state index in [2.05, 4.69) is 36.0 Å². The molecule has 0 aromatic heterocycles. The zero-order chi connectivity index (χ0) is 15.8. The molecule has 0 saturated heterocycles. The number of amides is 3. The zero-order valence-corrected chi connectivity index (χ0v) is 11.3. The highest BCUT2D eigenvalue weighted by molar-refractivity contribution is 5.87. The normalized spacial score (nSPS) is 15.0. The highest BCUT2D eigenvalue weighted by Gasteiger charge is 2.26. The van der Waals surface area contributed by atoms with Crippen molar-refractivity contribution in [3.8, 4) is 0 Å². The molecule has 1 aliphatic heterocycles. The molecule has 1 aliphatic rings. The number of hydrogen-bond acceptors (Lipinski definition) is 6. The van der Waals surface area contributed by atoms with E-state index in [0.717, 1.165) is 28.6 Å². The van der Waals surface area contributed by atoms with E-state index in [9.17, 15) is 14.4 Å². The van der Waals surface area contributed by atoms with E-state index in [4.69, 9.17) is 0 Å². The van der Waals surface area contributed by atoms with E-state index in [1.807, 2.05) is 0 Å². The van der Waals surface area contributed by atoms with Crippen LogP contribution in [0.15, 0.2) is 50.2 Å². The Morgan fingerprint density at radius 1 is 0.905 bits per heavy atom. The summed E-state index contributed by atoms with van der Waals surface area (Å²) in [6, 6.07) is 0. The molecule has 0 spiro atoms. The molecule has 0 aromatic rings. The minimum absolute atomic E-state index is 0.247. The van der Waals surface area contributed by atoms with Crippen molar-refractivity contribution in [2.45, 2.75) is 0 Å². The van der Waals surface area contributed by atoms with Crippen LogP contribution in [0.5, 0.6) is 0 Å². The lowest BCUT2D eigenvalue weighted by Crippen LogP contribution is -2.69. The number of rotatable bonds is 6. The van der Waals surface area contributed by atoms with E-state index in [0.29, 0.717) is 0 Å². The summed E-state index contributed by atoms with van der Waals surface area (Å²) >= 11 is 0. The SMILES string of the molecule is C=CC(=O)NN1C=CCN(NC(=O)C=C)N1NC(=O)C=C. The van der Waals surface area contributed by atoms with Gasteiger partial charge in [-0.15, -0.1) is 5.12 Å². The van der Waals surface area contributed by atoms with Crippen molar-refractivity contribution in [1.29, 1.82) is 0 Å². The van der Waals surface area contributed by atoms with Gasteiger partial charge in [0, 0.05) is 6.20 Å². The van der Waals surface area contributed by atoms with E-state index in [-0.39, 0.29) is 6.54 Å². The Hall–Kier alpha value is -2.91. The lowest BCUT2D eigenvalue weighted by Gasteiger charge is -2.41. The molecule has 0 bridgehead atoms. The molecule has 1 rings (SSSR count). The molecule has 0 aromatic carbocycles. The van der Waals surface area contributed by atoms with E-state index in [1.165, 1.54) is 11.3 Å². The van der Waals surface area contributed by atoms with Crippen molar-refractivity contribution in [2.24, 2.45) is 0 Å². The van der Waals surface area contributed by atoms with Gasteiger partial charge in [0.2, 0.25) is 0 Å². The smallest absolute Gasteiger partial charge is 0.263 e. The molecule has 9 nitrogen and oxygen atoms in total. The van der Waals surface area contributed by atoms with Gasteiger partial charge < -0.3 is 0 Å². The highest BCUT2D eigenvalue weighted by Crippen LogP contribution is 2.04. The molecule has 9 heteroatoms. The Labute approximate surface area is 121 Å². The fourth-order valence-electron chi connectivity index (χ4n) is 1.27. The number of nitrogens with one attached hydrogen (secondary N) is 3. The molecule has 0 radical (unpaired) electrons. The van der Waals surface area contributed by atoms with Gasteiger partial charge in [-0.05, 0) is 29.5 Å². The quantitative estimate of drug-likeness (QED) is 0.538. The van der Waals surface area contributed by atoms with Gasteiger partial charge in [0.1, 0.15) is 0 Å². The van der Waals surface area contributed by atoms with Crippen molar-refractivity contribution in [1.82, 2.24) is 31.7 Å². The first-order chi connectivity index (χ1) is 10.0. The van der Waals surface area contributed by atoms with Gasteiger partial charge in [-0.25, -0.2) is 10.9 Å². The van der Waals surface area contributed by atoms with Crippen molar-refractivity contribution in [3.63, 3.8) is 0 Å². The second-order valence-electron chi connectivity index (χ2n) is 3.64. The number of hydrogen-bond donors (Lipinski definition) is 3. The minimum atomic E-state index is -0.541. The zero-order valence-electron chi connectivity index (χ0n) is 11.3. The maximum Gasteiger partial charge on any atom is 0.263 e. The summed E-state index contributed by atoms with van der Waals surface area (Å²) in [5.41, 5.74) is 7.28. The maximum atomic E-state index is 11.5. The molecular formula is C12H16N6O3. The molecule has 3 N–H and O–H groups in total. The van der Waals surface area contributed by atoms with Crippen LogP contribution in [-0.2, 0) is 14.4 Å². The number of carbonyl (C=O) groups excluding carboxylic acids is 3. The van der Waals surface area contributed by atoms with Crippen LogP contribution in [0.2, 0.25) is 0 Å². The first kappa shape index (κ1) is 16.1. The van der Waals surface area contributed by atoms with Gasteiger partial charge >= 0.3 is 0 Å². The molecule has 3 amide bonds. The summed E-state index contributed by atoms with van der Waals surface area (Å²) in [5, 5.41) is 3.49. The van der Waals surface area contributed by atoms with Crippen LogP contribution in [0.1, 0.15) is 0 Å². The van der Waals surface area contributed by atoms with E-state index in [1.54, 1.807) is 6.08 Å². The van der Waals surface area contributed by atoms with Crippen LogP contribution >= 0.6 is 0 Å². The molecule has 112 valence electrons. The Bertz CT molecular complexity index is 501. The van der Waals surface area contributed by atoms with Crippen LogP contribution in [0, 0.1) is 0 Å². The number of nitrogens with zero attached hydrogens (tertiary/aromatic N) is 3. The van der Waals surface area contributed by atoms with E-state index >= 15 is 0 Å². The third-order valence-electron chi connectivity index (χ3n) is 2.19. The molecule has 0 aliphatic carbocycles. The maximum absolute atomic E-state index is 11.5. The van der Waals surface area contributed by atoms with Crippen LogP contribution in [0.4, 0.5) is 0 Å². The Morgan fingerprint density at radius 2 is 1.43 bits per heavy atom. The van der Waals surface area contributed by atoms with Gasteiger partial charge in [-0.1, -0.05) is 19.7 Å². The Balaban J connectivity index is 2.93. The largest absolute Gasteiger partial charge is 0.269 e. The van der Waals surface area contributed by atoms with Crippen molar-refractivity contribution in [2.75, 3.05) is 6.54 Å². The Kier molecular flexibility index (Phi) is 5.86. The molecule has 0 atom stereocenters. The molecule has 21 heavy (non-hydrogen) atoms. The third-order valence-corrected chi connectivity index (χ3v) is 2.19. The van der Waals surface area contributed by atoms with E-state index < -0.39 is 17.7 Å². The molecule has 0 saturated carbocycles. The third kappa shape index (κ3) is 4.60.